The Balaban J connectivity index is 1.78. The number of para-hydroxylation sites is 1. The topological polar surface area (TPSA) is 75.8 Å². The van der Waals surface area contributed by atoms with Gasteiger partial charge >= 0.3 is 0 Å². The van der Waals surface area contributed by atoms with Crippen molar-refractivity contribution < 1.29 is 9.72 Å². The highest BCUT2D eigenvalue weighted by atomic mass is 16.6. The van der Waals surface area contributed by atoms with Crippen LogP contribution >= 0.6 is 0 Å². The summed E-state index contributed by atoms with van der Waals surface area (Å²) < 4.78 is 0. The van der Waals surface area contributed by atoms with Gasteiger partial charge in [-0.25, -0.2) is 0 Å². The third kappa shape index (κ3) is 4.25. The van der Waals surface area contributed by atoms with E-state index in [0.717, 1.165) is 22.3 Å². The Labute approximate surface area is 186 Å². The van der Waals surface area contributed by atoms with E-state index >= 15 is 0 Å². The van der Waals surface area contributed by atoms with E-state index in [-0.39, 0.29) is 11.6 Å². The molecule has 0 atom stereocenters. The number of rotatable bonds is 5. The number of aryl methyl sites for hydroxylation is 1. The summed E-state index contributed by atoms with van der Waals surface area (Å²) >= 11 is 0. The Morgan fingerprint density at radius 1 is 0.938 bits per heavy atom. The lowest BCUT2D eigenvalue weighted by Crippen LogP contribution is -2.21. The third-order valence-electron chi connectivity index (χ3n) is 5.20. The summed E-state index contributed by atoms with van der Waals surface area (Å²) in [6.45, 7) is 3.83. The van der Waals surface area contributed by atoms with Crippen molar-refractivity contribution in [3.05, 3.63) is 117 Å². The van der Waals surface area contributed by atoms with E-state index in [1.807, 2.05) is 80.6 Å². The minimum Gasteiger partial charge on any atom is -0.267 e. The number of amides is 1. The summed E-state index contributed by atoms with van der Waals surface area (Å²) in [5.74, 6) is -0.197. The Morgan fingerprint density at radius 2 is 1.59 bits per heavy atom. The molecule has 1 heterocycles. The summed E-state index contributed by atoms with van der Waals surface area (Å²) in [7, 11) is 0. The summed E-state index contributed by atoms with van der Waals surface area (Å²) in [5, 5.41) is 16.8. The number of benzene rings is 3. The van der Waals surface area contributed by atoms with Crippen molar-refractivity contribution in [3.8, 4) is 0 Å². The van der Waals surface area contributed by atoms with Crippen LogP contribution in [0.3, 0.4) is 0 Å². The van der Waals surface area contributed by atoms with Crippen LogP contribution in [0, 0.1) is 17.0 Å². The van der Waals surface area contributed by atoms with Gasteiger partial charge in [0.25, 0.3) is 11.6 Å². The fourth-order valence-corrected chi connectivity index (χ4v) is 3.50. The van der Waals surface area contributed by atoms with Crippen LogP contribution in [0.4, 0.5) is 11.4 Å². The van der Waals surface area contributed by atoms with Gasteiger partial charge in [-0.05, 0) is 54.8 Å². The Hall–Kier alpha value is -4.32. The molecule has 6 nitrogen and oxygen atoms in total. The summed E-state index contributed by atoms with van der Waals surface area (Å²) in [5.41, 5.74) is 5.43. The standard InChI is InChI=1S/C26H21N3O3/c1-18-8-13-21(14-9-18)24(17-12-20-10-15-23(16-11-20)29(31)32)25-19(2)27-28(26(25)30)22-6-4-3-5-7-22/h3-17H,1-2H3/b17-12+,25-24?. The summed E-state index contributed by atoms with van der Waals surface area (Å²) in [6, 6.07) is 23.5. The number of allylic oxidation sites excluding steroid dienone is 2. The Bertz CT molecular complexity index is 1260. The average molecular weight is 423 g/mol. The van der Waals surface area contributed by atoms with Crippen LogP contribution in [0.15, 0.2) is 95.6 Å². The molecule has 0 unspecified atom stereocenters. The van der Waals surface area contributed by atoms with Crippen molar-refractivity contribution in [1.29, 1.82) is 0 Å². The van der Waals surface area contributed by atoms with Gasteiger partial charge in [0.1, 0.15) is 0 Å². The highest BCUT2D eigenvalue weighted by molar-refractivity contribution is 6.34. The van der Waals surface area contributed by atoms with E-state index < -0.39 is 4.92 Å². The molecule has 0 aliphatic carbocycles. The van der Waals surface area contributed by atoms with Crippen molar-refractivity contribution in [3.63, 3.8) is 0 Å². The van der Waals surface area contributed by atoms with Crippen LogP contribution in [0.5, 0.6) is 0 Å². The molecule has 0 fully saturated rings. The second kappa shape index (κ2) is 8.81. The van der Waals surface area contributed by atoms with Gasteiger partial charge in [-0.3, -0.25) is 14.9 Å². The largest absolute Gasteiger partial charge is 0.281 e. The van der Waals surface area contributed by atoms with Crippen molar-refractivity contribution in [2.45, 2.75) is 13.8 Å². The van der Waals surface area contributed by atoms with Crippen LogP contribution in [-0.2, 0) is 4.79 Å². The first kappa shape index (κ1) is 20.9. The fraction of sp³-hybridized carbons (Fsp3) is 0.0769. The predicted octanol–water partition coefficient (Wildman–Crippen LogP) is 5.79. The number of nitro benzene ring substituents is 1. The molecule has 1 amide bonds. The van der Waals surface area contributed by atoms with Gasteiger partial charge in [0, 0.05) is 12.1 Å². The Kier molecular flexibility index (Phi) is 5.77. The van der Waals surface area contributed by atoms with Gasteiger partial charge in [-0.2, -0.15) is 10.1 Å². The molecule has 32 heavy (non-hydrogen) atoms. The van der Waals surface area contributed by atoms with Gasteiger partial charge in [-0.1, -0.05) is 60.2 Å². The molecule has 4 rings (SSSR count). The van der Waals surface area contributed by atoms with Crippen LogP contribution in [0.2, 0.25) is 0 Å². The first-order valence-electron chi connectivity index (χ1n) is 10.1. The minimum atomic E-state index is -0.428. The summed E-state index contributed by atoms with van der Waals surface area (Å²) in [4.78, 5) is 23.9. The zero-order chi connectivity index (χ0) is 22.7. The lowest BCUT2D eigenvalue weighted by Gasteiger charge is -2.13. The molecule has 1 aliphatic heterocycles. The molecule has 158 valence electrons. The molecule has 0 N–H and O–H groups in total. The number of carbonyl (C=O) groups excluding carboxylic acids is 1. The van der Waals surface area contributed by atoms with Crippen LogP contribution < -0.4 is 5.01 Å². The number of hydrazone groups is 1. The molecule has 0 spiro atoms. The normalized spacial score (nSPS) is 15.2. The molecular formula is C26H21N3O3. The SMILES string of the molecule is CC1=NN(c2ccccc2)C(=O)C1=C(/C=C/c1ccc([N+](=O)[O-])cc1)c1ccc(C)cc1. The second-order valence-electron chi connectivity index (χ2n) is 7.47. The molecule has 0 aromatic heterocycles. The molecule has 0 saturated heterocycles. The van der Waals surface area contributed by atoms with E-state index in [9.17, 15) is 14.9 Å². The van der Waals surface area contributed by atoms with Crippen molar-refractivity contribution >= 4 is 34.6 Å². The van der Waals surface area contributed by atoms with Gasteiger partial charge < -0.3 is 0 Å². The number of hydrogen-bond donors (Lipinski definition) is 0. The first-order chi connectivity index (χ1) is 15.4. The number of non-ortho nitro benzene ring substituents is 1. The molecule has 3 aromatic rings. The zero-order valence-electron chi connectivity index (χ0n) is 17.7. The first-order valence-corrected chi connectivity index (χ1v) is 10.1. The highest BCUT2D eigenvalue weighted by Gasteiger charge is 2.31. The van der Waals surface area contributed by atoms with E-state index in [1.165, 1.54) is 17.1 Å². The zero-order valence-corrected chi connectivity index (χ0v) is 17.7. The number of carbonyl (C=O) groups is 1. The number of anilines is 1. The van der Waals surface area contributed by atoms with E-state index in [1.54, 1.807) is 12.1 Å². The monoisotopic (exact) mass is 423 g/mol. The second-order valence-corrected chi connectivity index (χ2v) is 7.47. The third-order valence-corrected chi connectivity index (χ3v) is 5.20. The van der Waals surface area contributed by atoms with Crippen molar-refractivity contribution in [2.75, 3.05) is 5.01 Å². The van der Waals surface area contributed by atoms with Gasteiger partial charge in [0.2, 0.25) is 0 Å². The smallest absolute Gasteiger partial charge is 0.267 e. The molecule has 0 bridgehead atoms. The number of nitro groups is 1. The molecule has 6 heteroatoms. The molecule has 0 saturated carbocycles. The Morgan fingerprint density at radius 3 is 2.22 bits per heavy atom. The highest BCUT2D eigenvalue weighted by Crippen LogP contribution is 2.30. The predicted molar refractivity (Wildman–Crippen MR) is 127 cm³/mol. The minimum absolute atomic E-state index is 0.0340. The summed E-state index contributed by atoms with van der Waals surface area (Å²) in [6.07, 6.45) is 3.71. The van der Waals surface area contributed by atoms with Gasteiger partial charge in [0.05, 0.1) is 21.9 Å². The maximum Gasteiger partial charge on any atom is 0.281 e. The van der Waals surface area contributed by atoms with Crippen LogP contribution in [-0.4, -0.2) is 16.5 Å². The van der Waals surface area contributed by atoms with Crippen molar-refractivity contribution in [2.24, 2.45) is 5.10 Å². The van der Waals surface area contributed by atoms with Crippen LogP contribution in [0.25, 0.3) is 11.6 Å². The number of nitrogens with zero attached hydrogens (tertiary/aromatic N) is 3. The molecule has 1 aliphatic rings. The maximum atomic E-state index is 13.4. The van der Waals surface area contributed by atoms with Crippen molar-refractivity contribution in [1.82, 2.24) is 0 Å². The van der Waals surface area contributed by atoms with E-state index in [2.05, 4.69) is 5.10 Å². The molecule has 0 radical (unpaired) electrons. The number of hydrogen-bond acceptors (Lipinski definition) is 4. The van der Waals surface area contributed by atoms with Crippen LogP contribution in [0.1, 0.15) is 23.6 Å². The lowest BCUT2D eigenvalue weighted by molar-refractivity contribution is -0.384. The quantitative estimate of drug-likeness (QED) is 0.296. The molecular weight excluding hydrogens is 402 g/mol. The lowest BCUT2D eigenvalue weighted by atomic mass is 9.95. The van der Waals surface area contributed by atoms with E-state index in [0.29, 0.717) is 17.0 Å². The van der Waals surface area contributed by atoms with Gasteiger partial charge in [0.15, 0.2) is 0 Å². The van der Waals surface area contributed by atoms with Gasteiger partial charge in [-0.15, -0.1) is 0 Å². The average Bonchev–Trinajstić information content (AvgIpc) is 3.10. The van der Waals surface area contributed by atoms with E-state index in [4.69, 9.17) is 0 Å². The molecule has 3 aromatic carbocycles. The maximum absolute atomic E-state index is 13.4. The fourth-order valence-electron chi connectivity index (χ4n) is 3.50.